The van der Waals surface area contributed by atoms with Crippen LogP contribution in [0.3, 0.4) is 0 Å². The van der Waals surface area contributed by atoms with Gasteiger partial charge in [0.2, 0.25) is 0 Å². The van der Waals surface area contributed by atoms with Crippen LogP contribution in [0, 0.1) is 0 Å². The molecule has 0 aromatic heterocycles. The van der Waals surface area contributed by atoms with Crippen molar-refractivity contribution in [3.63, 3.8) is 0 Å². The van der Waals surface area contributed by atoms with Crippen LogP contribution < -0.4 is 5.32 Å². The number of carbonyl (C=O) groups is 2. The third-order valence-corrected chi connectivity index (χ3v) is 4.48. The molecule has 3 aromatic rings. The number of Topliss-reactive ketones (excluding diaryl/α,β-unsaturated/α-hetero) is 1. The van der Waals surface area contributed by atoms with Crippen molar-refractivity contribution in [2.24, 2.45) is 0 Å². The molecule has 3 nitrogen and oxygen atoms in total. The molecule has 0 saturated carbocycles. The van der Waals surface area contributed by atoms with E-state index < -0.39 is 0 Å². The zero-order valence-corrected chi connectivity index (χ0v) is 15.4. The molecular weight excluding hydrogens is 334 g/mol. The lowest BCUT2D eigenvalue weighted by atomic mass is 10.0. The second kappa shape index (κ2) is 8.95. The lowest BCUT2D eigenvalue weighted by molar-refractivity contribution is -0.121. The number of benzene rings is 3. The number of aryl methyl sites for hydroxylation is 1. The Bertz CT molecular complexity index is 974. The summed E-state index contributed by atoms with van der Waals surface area (Å²) in [5, 5.41) is 5.07. The van der Waals surface area contributed by atoms with Gasteiger partial charge in [-0.3, -0.25) is 9.59 Å². The van der Waals surface area contributed by atoms with Crippen LogP contribution in [0.4, 0.5) is 0 Å². The Labute approximate surface area is 159 Å². The van der Waals surface area contributed by atoms with Crippen LogP contribution in [0.25, 0.3) is 16.8 Å². The highest BCUT2D eigenvalue weighted by atomic mass is 16.2. The van der Waals surface area contributed by atoms with Gasteiger partial charge in [-0.15, -0.1) is 0 Å². The molecule has 0 atom stereocenters. The van der Waals surface area contributed by atoms with Crippen molar-refractivity contribution in [3.05, 3.63) is 89.5 Å². The highest BCUT2D eigenvalue weighted by Crippen LogP contribution is 2.18. The fraction of sp³-hybridized carbons (Fsp3) is 0.167. The predicted octanol–water partition coefficient (Wildman–Crippen LogP) is 4.56. The third-order valence-electron chi connectivity index (χ3n) is 4.48. The number of hydrogen-bond donors (Lipinski definition) is 1. The van der Waals surface area contributed by atoms with Gasteiger partial charge in [0, 0.05) is 6.54 Å². The fourth-order valence-electron chi connectivity index (χ4n) is 3.03. The fourth-order valence-corrected chi connectivity index (χ4v) is 3.03. The Morgan fingerprint density at radius 3 is 2.33 bits per heavy atom. The standard InChI is InChI=1S/C24H23NO2/c1-18(26)23(17-20-13-14-21-11-5-6-12-22(21)16-20)24(27)25-15-7-10-19-8-3-2-4-9-19/h2-6,8-9,11-14,16-17H,7,10,15H2,1H3,(H,25,27)/b23-17-. The first-order valence-corrected chi connectivity index (χ1v) is 9.17. The summed E-state index contributed by atoms with van der Waals surface area (Å²) in [5.41, 5.74) is 2.27. The molecule has 0 heterocycles. The van der Waals surface area contributed by atoms with Gasteiger partial charge in [-0.2, -0.15) is 0 Å². The number of rotatable bonds is 7. The van der Waals surface area contributed by atoms with Crippen molar-refractivity contribution in [1.82, 2.24) is 5.32 Å². The maximum Gasteiger partial charge on any atom is 0.254 e. The number of ketones is 1. The molecule has 0 spiro atoms. The summed E-state index contributed by atoms with van der Waals surface area (Å²) in [4.78, 5) is 24.4. The Morgan fingerprint density at radius 2 is 1.59 bits per heavy atom. The van der Waals surface area contributed by atoms with Crippen molar-refractivity contribution in [2.75, 3.05) is 6.54 Å². The normalized spacial score (nSPS) is 11.4. The molecular formula is C24H23NO2. The highest BCUT2D eigenvalue weighted by molar-refractivity contribution is 6.21. The molecule has 1 N–H and O–H groups in total. The van der Waals surface area contributed by atoms with Gasteiger partial charge in [-0.05, 0) is 53.8 Å². The van der Waals surface area contributed by atoms with Crippen LogP contribution in [0.2, 0.25) is 0 Å². The van der Waals surface area contributed by atoms with Crippen LogP contribution >= 0.6 is 0 Å². The molecule has 0 aliphatic carbocycles. The lowest BCUT2D eigenvalue weighted by Crippen LogP contribution is -2.28. The summed E-state index contributed by atoms with van der Waals surface area (Å²) in [5.74, 6) is -0.549. The van der Waals surface area contributed by atoms with Crippen molar-refractivity contribution in [3.8, 4) is 0 Å². The Morgan fingerprint density at radius 1 is 0.889 bits per heavy atom. The molecule has 27 heavy (non-hydrogen) atoms. The first-order valence-electron chi connectivity index (χ1n) is 9.17. The molecule has 3 aromatic carbocycles. The minimum absolute atomic E-state index is 0.185. The summed E-state index contributed by atoms with van der Waals surface area (Å²) in [6.45, 7) is 1.96. The van der Waals surface area contributed by atoms with E-state index in [-0.39, 0.29) is 17.3 Å². The summed E-state index contributed by atoms with van der Waals surface area (Å²) in [7, 11) is 0. The van der Waals surface area contributed by atoms with Crippen molar-refractivity contribution < 1.29 is 9.59 Å². The molecule has 0 aliphatic rings. The highest BCUT2D eigenvalue weighted by Gasteiger charge is 2.14. The minimum Gasteiger partial charge on any atom is -0.352 e. The summed E-state index contributed by atoms with van der Waals surface area (Å²) in [6.07, 6.45) is 3.39. The van der Waals surface area contributed by atoms with Crippen molar-refractivity contribution >= 4 is 28.5 Å². The van der Waals surface area contributed by atoms with Crippen LogP contribution in [0.5, 0.6) is 0 Å². The first kappa shape index (κ1) is 18.6. The zero-order chi connectivity index (χ0) is 19.1. The molecule has 0 unspecified atom stereocenters. The van der Waals surface area contributed by atoms with E-state index in [0.717, 1.165) is 29.2 Å². The molecule has 0 radical (unpaired) electrons. The summed E-state index contributed by atoms with van der Waals surface area (Å²) in [6, 6.07) is 24.1. The van der Waals surface area contributed by atoms with Gasteiger partial charge in [0.25, 0.3) is 5.91 Å². The summed E-state index contributed by atoms with van der Waals surface area (Å²) >= 11 is 0. The SMILES string of the molecule is CC(=O)/C(=C/c1ccc2ccccc2c1)C(=O)NCCCc1ccccc1. The zero-order valence-electron chi connectivity index (χ0n) is 15.4. The maximum atomic E-state index is 12.5. The van der Waals surface area contributed by atoms with Gasteiger partial charge in [-0.25, -0.2) is 0 Å². The van der Waals surface area contributed by atoms with E-state index in [0.29, 0.717) is 6.54 Å². The lowest BCUT2D eigenvalue weighted by Gasteiger charge is -2.08. The molecule has 1 amide bonds. The minimum atomic E-state index is -0.316. The third kappa shape index (κ3) is 5.14. The van der Waals surface area contributed by atoms with E-state index >= 15 is 0 Å². The molecule has 136 valence electrons. The summed E-state index contributed by atoms with van der Waals surface area (Å²) < 4.78 is 0. The topological polar surface area (TPSA) is 46.2 Å². The number of hydrogen-bond acceptors (Lipinski definition) is 2. The van der Waals surface area contributed by atoms with E-state index in [2.05, 4.69) is 17.4 Å². The van der Waals surface area contributed by atoms with Crippen LogP contribution in [0.1, 0.15) is 24.5 Å². The van der Waals surface area contributed by atoms with E-state index in [1.807, 2.05) is 60.7 Å². The van der Waals surface area contributed by atoms with Gasteiger partial charge >= 0.3 is 0 Å². The Kier molecular flexibility index (Phi) is 6.16. The number of amides is 1. The number of nitrogens with one attached hydrogen (secondary N) is 1. The average Bonchev–Trinajstić information content (AvgIpc) is 2.69. The van der Waals surface area contributed by atoms with Gasteiger partial charge in [0.1, 0.15) is 0 Å². The van der Waals surface area contributed by atoms with E-state index in [1.54, 1.807) is 6.08 Å². The van der Waals surface area contributed by atoms with Crippen LogP contribution in [-0.4, -0.2) is 18.2 Å². The van der Waals surface area contributed by atoms with Crippen molar-refractivity contribution in [1.29, 1.82) is 0 Å². The molecule has 0 saturated heterocycles. The van der Waals surface area contributed by atoms with E-state index in [9.17, 15) is 9.59 Å². The van der Waals surface area contributed by atoms with Gasteiger partial charge < -0.3 is 5.32 Å². The Hall–Kier alpha value is -3.20. The molecule has 3 rings (SSSR count). The van der Waals surface area contributed by atoms with Crippen LogP contribution in [0.15, 0.2) is 78.4 Å². The quantitative estimate of drug-likeness (QED) is 0.292. The Balaban J connectivity index is 1.65. The number of fused-ring (bicyclic) bond motifs is 1. The second-order valence-corrected chi connectivity index (χ2v) is 6.57. The van der Waals surface area contributed by atoms with E-state index in [1.165, 1.54) is 12.5 Å². The molecule has 0 aliphatic heterocycles. The first-order chi connectivity index (χ1) is 13.1. The van der Waals surface area contributed by atoms with Gasteiger partial charge in [-0.1, -0.05) is 66.7 Å². The molecule has 3 heteroatoms. The molecule has 0 fully saturated rings. The van der Waals surface area contributed by atoms with Gasteiger partial charge in [0.15, 0.2) is 5.78 Å². The second-order valence-electron chi connectivity index (χ2n) is 6.57. The van der Waals surface area contributed by atoms with E-state index in [4.69, 9.17) is 0 Å². The largest absolute Gasteiger partial charge is 0.352 e. The van der Waals surface area contributed by atoms with Crippen LogP contribution in [-0.2, 0) is 16.0 Å². The maximum absolute atomic E-state index is 12.5. The average molecular weight is 357 g/mol. The van der Waals surface area contributed by atoms with Gasteiger partial charge in [0.05, 0.1) is 5.57 Å². The molecule has 0 bridgehead atoms. The predicted molar refractivity (Wildman–Crippen MR) is 110 cm³/mol. The smallest absolute Gasteiger partial charge is 0.254 e. The van der Waals surface area contributed by atoms with Crippen molar-refractivity contribution in [2.45, 2.75) is 19.8 Å². The number of carbonyl (C=O) groups excluding carboxylic acids is 2. The monoisotopic (exact) mass is 357 g/mol.